The number of rotatable bonds is 7. The number of para-hydroxylation sites is 1. The lowest BCUT2D eigenvalue weighted by Gasteiger charge is -2.08. The summed E-state index contributed by atoms with van der Waals surface area (Å²) in [4.78, 5) is 0. The predicted octanol–water partition coefficient (Wildman–Crippen LogP) is 0.725. The van der Waals surface area contributed by atoms with Crippen molar-refractivity contribution in [1.82, 2.24) is 4.72 Å². The molecule has 0 spiro atoms. The summed E-state index contributed by atoms with van der Waals surface area (Å²) in [6.07, 6.45) is 0.482. The molecule has 6 heteroatoms. The maximum atomic E-state index is 11.6. The van der Waals surface area contributed by atoms with Crippen LogP contribution in [0, 0.1) is 0 Å². The van der Waals surface area contributed by atoms with E-state index in [0.717, 1.165) is 5.56 Å². The quantitative estimate of drug-likeness (QED) is 0.558. The van der Waals surface area contributed by atoms with Gasteiger partial charge in [0.05, 0.1) is 5.75 Å². The van der Waals surface area contributed by atoms with Crippen LogP contribution in [0.2, 0.25) is 0 Å². The molecule has 5 nitrogen and oxygen atoms in total. The van der Waals surface area contributed by atoms with E-state index in [1.54, 1.807) is 19.2 Å². The second kappa shape index (κ2) is 6.58. The molecule has 0 bridgehead atoms. The minimum absolute atomic E-state index is 0.0631. The highest BCUT2D eigenvalue weighted by atomic mass is 32.2. The van der Waals surface area contributed by atoms with E-state index in [0.29, 0.717) is 18.7 Å². The van der Waals surface area contributed by atoms with E-state index in [2.05, 4.69) is 4.72 Å². The summed E-state index contributed by atoms with van der Waals surface area (Å²) in [5.41, 5.74) is 7.09. The maximum Gasteiger partial charge on any atom is 0.211 e. The largest absolute Gasteiger partial charge is 0.398 e. The van der Waals surface area contributed by atoms with E-state index in [1.165, 1.54) is 0 Å². The fraction of sp³-hybridized carbons (Fsp3) is 0.455. The van der Waals surface area contributed by atoms with Crippen LogP contribution in [0.3, 0.4) is 0 Å². The van der Waals surface area contributed by atoms with Crippen LogP contribution in [-0.4, -0.2) is 27.9 Å². The molecule has 0 aromatic heterocycles. The molecule has 3 N–H and O–H groups in total. The zero-order chi connectivity index (χ0) is 12.7. The van der Waals surface area contributed by atoms with Gasteiger partial charge in [0.1, 0.15) is 0 Å². The number of sulfonamides is 1. The fourth-order valence-electron chi connectivity index (χ4n) is 1.35. The third kappa shape index (κ3) is 5.16. The lowest BCUT2D eigenvalue weighted by molar-refractivity contribution is 0.199. The molecule has 0 saturated carbocycles. The lowest BCUT2D eigenvalue weighted by atomic mass is 10.2. The minimum Gasteiger partial charge on any atom is -0.398 e. The first-order chi connectivity index (χ1) is 8.05. The van der Waals surface area contributed by atoms with Crippen LogP contribution in [-0.2, 0) is 21.3 Å². The van der Waals surface area contributed by atoms with Crippen molar-refractivity contribution in [2.75, 3.05) is 25.2 Å². The van der Waals surface area contributed by atoms with Crippen molar-refractivity contribution in [3.63, 3.8) is 0 Å². The van der Waals surface area contributed by atoms with Crippen molar-refractivity contribution in [1.29, 1.82) is 0 Å². The standard InChI is InChI=1S/C11H18N2O3S/c1-16-7-4-8-17(14,15)13-9-10-5-2-3-6-11(10)12/h2-3,5-6,13H,4,7-9,12H2,1H3. The van der Waals surface area contributed by atoms with E-state index in [9.17, 15) is 8.42 Å². The second-order valence-corrected chi connectivity index (χ2v) is 5.61. The van der Waals surface area contributed by atoms with Crippen LogP contribution in [0.25, 0.3) is 0 Å². The molecule has 0 fully saturated rings. The van der Waals surface area contributed by atoms with Gasteiger partial charge in [0.25, 0.3) is 0 Å². The summed E-state index contributed by atoms with van der Waals surface area (Å²) in [6.45, 7) is 0.663. The summed E-state index contributed by atoms with van der Waals surface area (Å²) >= 11 is 0. The highest BCUT2D eigenvalue weighted by Gasteiger charge is 2.10. The summed E-state index contributed by atoms with van der Waals surface area (Å²) in [7, 11) is -1.71. The van der Waals surface area contributed by atoms with E-state index in [1.807, 2.05) is 12.1 Å². The molecular weight excluding hydrogens is 240 g/mol. The summed E-state index contributed by atoms with van der Waals surface area (Å²) in [6, 6.07) is 7.18. The zero-order valence-electron chi connectivity index (χ0n) is 9.85. The van der Waals surface area contributed by atoms with Crippen LogP contribution in [0.1, 0.15) is 12.0 Å². The van der Waals surface area contributed by atoms with E-state index < -0.39 is 10.0 Å². The van der Waals surface area contributed by atoms with Gasteiger partial charge < -0.3 is 10.5 Å². The number of ether oxygens (including phenoxy) is 1. The number of nitrogens with two attached hydrogens (primary N) is 1. The monoisotopic (exact) mass is 258 g/mol. The summed E-state index contributed by atoms with van der Waals surface area (Å²) in [5, 5.41) is 0. The van der Waals surface area contributed by atoms with E-state index in [-0.39, 0.29) is 12.3 Å². The zero-order valence-corrected chi connectivity index (χ0v) is 10.7. The van der Waals surface area contributed by atoms with Crippen LogP contribution in [0.4, 0.5) is 5.69 Å². The fourth-order valence-corrected chi connectivity index (χ4v) is 2.37. The van der Waals surface area contributed by atoms with E-state index in [4.69, 9.17) is 10.5 Å². The topological polar surface area (TPSA) is 81.4 Å². The normalized spacial score (nSPS) is 11.6. The molecule has 0 amide bonds. The van der Waals surface area contributed by atoms with Crippen molar-refractivity contribution in [2.24, 2.45) is 0 Å². The second-order valence-electron chi connectivity index (χ2n) is 3.69. The van der Waals surface area contributed by atoms with Gasteiger partial charge in [-0.2, -0.15) is 0 Å². The number of hydrogen-bond acceptors (Lipinski definition) is 4. The van der Waals surface area contributed by atoms with Crippen molar-refractivity contribution in [3.8, 4) is 0 Å². The number of benzene rings is 1. The Labute approximate surface area is 102 Å². The van der Waals surface area contributed by atoms with Gasteiger partial charge in [-0.25, -0.2) is 13.1 Å². The van der Waals surface area contributed by atoms with Gasteiger partial charge >= 0.3 is 0 Å². The summed E-state index contributed by atoms with van der Waals surface area (Å²) in [5.74, 6) is 0.0631. The van der Waals surface area contributed by atoms with Gasteiger partial charge in [0.15, 0.2) is 0 Å². The first kappa shape index (κ1) is 14.0. The number of hydrogen-bond donors (Lipinski definition) is 2. The average Bonchev–Trinajstić information content (AvgIpc) is 2.28. The highest BCUT2D eigenvalue weighted by Crippen LogP contribution is 2.10. The average molecular weight is 258 g/mol. The van der Waals surface area contributed by atoms with Gasteiger partial charge in [-0.15, -0.1) is 0 Å². The Bertz CT molecular complexity index is 446. The van der Waals surface area contributed by atoms with Crippen LogP contribution in [0.5, 0.6) is 0 Å². The number of nitrogen functional groups attached to an aromatic ring is 1. The lowest BCUT2D eigenvalue weighted by Crippen LogP contribution is -2.26. The minimum atomic E-state index is -3.25. The molecular formula is C11H18N2O3S. The predicted molar refractivity (Wildman–Crippen MR) is 68.0 cm³/mol. The number of anilines is 1. The maximum absolute atomic E-state index is 11.6. The molecule has 1 rings (SSSR count). The van der Waals surface area contributed by atoms with Crippen molar-refractivity contribution >= 4 is 15.7 Å². The van der Waals surface area contributed by atoms with Crippen molar-refractivity contribution < 1.29 is 13.2 Å². The molecule has 0 aliphatic carbocycles. The summed E-state index contributed by atoms with van der Waals surface area (Å²) < 4.78 is 30.5. The molecule has 96 valence electrons. The molecule has 0 heterocycles. The van der Waals surface area contributed by atoms with Crippen LogP contribution >= 0.6 is 0 Å². The van der Waals surface area contributed by atoms with Crippen LogP contribution in [0.15, 0.2) is 24.3 Å². The Morgan fingerprint density at radius 1 is 1.35 bits per heavy atom. The highest BCUT2D eigenvalue weighted by molar-refractivity contribution is 7.89. The Morgan fingerprint density at radius 2 is 2.06 bits per heavy atom. The van der Waals surface area contributed by atoms with Gasteiger partial charge in [-0.05, 0) is 18.1 Å². The Hall–Kier alpha value is -1.11. The van der Waals surface area contributed by atoms with Gasteiger partial charge in [-0.3, -0.25) is 0 Å². The Kier molecular flexibility index (Phi) is 5.40. The Morgan fingerprint density at radius 3 is 2.71 bits per heavy atom. The molecule has 1 aromatic carbocycles. The van der Waals surface area contributed by atoms with Gasteiger partial charge in [0, 0.05) is 25.9 Å². The number of nitrogens with one attached hydrogen (secondary N) is 1. The molecule has 0 aliphatic rings. The molecule has 0 unspecified atom stereocenters. The first-order valence-electron chi connectivity index (χ1n) is 5.35. The molecule has 0 radical (unpaired) electrons. The molecule has 0 atom stereocenters. The Balaban J connectivity index is 2.47. The third-order valence-corrected chi connectivity index (χ3v) is 3.71. The molecule has 17 heavy (non-hydrogen) atoms. The van der Waals surface area contributed by atoms with Crippen LogP contribution < -0.4 is 10.5 Å². The molecule has 1 aromatic rings. The van der Waals surface area contributed by atoms with Gasteiger partial charge in [0.2, 0.25) is 10.0 Å². The third-order valence-electron chi connectivity index (χ3n) is 2.30. The molecule has 0 aliphatic heterocycles. The number of methoxy groups -OCH3 is 1. The van der Waals surface area contributed by atoms with Gasteiger partial charge in [-0.1, -0.05) is 18.2 Å². The SMILES string of the molecule is COCCCS(=O)(=O)NCc1ccccc1N. The van der Waals surface area contributed by atoms with Crippen molar-refractivity contribution in [2.45, 2.75) is 13.0 Å². The smallest absolute Gasteiger partial charge is 0.211 e. The van der Waals surface area contributed by atoms with E-state index >= 15 is 0 Å². The van der Waals surface area contributed by atoms with Crippen molar-refractivity contribution in [3.05, 3.63) is 29.8 Å². The first-order valence-corrected chi connectivity index (χ1v) is 7.00. The molecule has 0 saturated heterocycles.